The molecule has 17 rings (SSSR count). The van der Waals surface area contributed by atoms with E-state index in [9.17, 15) is 38.4 Å². The first kappa shape index (κ1) is 83.8. The van der Waals surface area contributed by atoms with Crippen molar-refractivity contribution < 1.29 is 48.1 Å². The van der Waals surface area contributed by atoms with E-state index in [0.29, 0.717) is 108 Å². The highest BCUT2D eigenvalue weighted by Gasteiger charge is 2.43. The number of aromatic amines is 2. The van der Waals surface area contributed by atoms with Crippen LogP contribution in [-0.2, 0) is 67.1 Å². The molecule has 0 amide bonds. The van der Waals surface area contributed by atoms with Crippen molar-refractivity contribution in [3.8, 4) is 0 Å². The first-order chi connectivity index (χ1) is 53.3. The number of aromatic carboxylic acids is 1. The first-order valence-electron chi connectivity index (χ1n) is 41.3. The Labute approximate surface area is 666 Å². The number of rotatable bonds is 7. The summed E-state index contributed by atoms with van der Waals surface area (Å²) in [5, 5.41) is 14.4. The Bertz CT molecular complexity index is 4340. The highest BCUT2D eigenvalue weighted by atomic mass is 32.1. The third-order valence-corrected chi connectivity index (χ3v) is 30.5. The van der Waals surface area contributed by atoms with E-state index in [0.717, 1.165) is 178 Å². The van der Waals surface area contributed by atoms with Gasteiger partial charge >= 0.3 is 23.9 Å². The molecule has 0 radical (unpaired) electrons. The molecular weight excluding hydrogens is 1470 g/mol. The number of Topliss-reactive ketones (excluding diaryl/α,β-unsaturated/α-hetero) is 2. The first-order valence-corrected chi connectivity index (χ1v) is 43.8. The monoisotopic (exact) mass is 1580 g/mol. The predicted molar refractivity (Wildman–Crippen MR) is 436 cm³/mol. The lowest BCUT2D eigenvalue weighted by Gasteiger charge is -2.44. The zero-order valence-electron chi connectivity index (χ0n) is 67.0. The number of likely N-dealkylation sites (tertiary alicyclic amines) is 5. The molecule has 6 unspecified atom stereocenters. The number of H-pyrrole nitrogens is 2. The number of aromatic nitrogens is 4. The summed E-state index contributed by atoms with van der Waals surface area (Å²) in [6.45, 7) is 27.5. The molecule has 12 aliphatic rings. The standard InChI is InChI=1S/C17H21N3O3S.C16H24N2O2.C15H17N3O3S.C15H22N2O2S.C11H19NO.C10H17NO/c1-3-23-17(22)14-18-15(21)13-11-6-9-4-5-20(2)8-10(9)7-12(11)24-16(13)19-14;1-4-20-15(19)14(17-2)13-5-7-16(8-6-13)9-11-18(3)12-10-16;1-18-3-2-7-4-9-10(5-8(7)6-18)22-14-11(9)13(19)16-12(17-14)15(20)21;1-3-19-15(18)13-11-6-9-4-5-17(2)8-10(9)7-12(11)20-14(13)16;1-12-8-6-11(7-9-12)4-2-10(13)3-5-11;12-9-1-3-10(4-2-9)5-7-11-8-6-10/h9-10H,3-8H2,1-2H3,(H,18,19,21);4-12H2,1,3H3;7-8H,2-6H2,1H3,(H,20,21)(H,16,17,19);9-10H,3-8,16H2,1-2H3;2-9H2,1H3;11H,1-8H2. The maximum absolute atomic E-state index is 12.5. The van der Waals surface area contributed by atoms with Gasteiger partial charge in [-0.25, -0.2) is 29.2 Å². The molecule has 0 aromatic carbocycles. The van der Waals surface area contributed by atoms with Crippen LogP contribution in [0.4, 0.5) is 5.00 Å². The number of carboxylic acids is 1. The average molecular weight is 1590 g/mol. The molecule has 6 N–H and O–H groups in total. The molecule has 24 nitrogen and oxygen atoms in total. The second kappa shape index (κ2) is 37.3. The number of carboxylic acid groups (broad SMARTS) is 1. The Morgan fingerprint density at radius 2 is 0.883 bits per heavy atom. The van der Waals surface area contributed by atoms with Crippen molar-refractivity contribution in [2.75, 3.05) is 139 Å². The quantitative estimate of drug-likeness (QED) is 0.0438. The van der Waals surface area contributed by atoms with Crippen LogP contribution in [0.5, 0.6) is 0 Å². The van der Waals surface area contributed by atoms with Crippen LogP contribution in [0.15, 0.2) is 20.9 Å². The molecule has 3 spiro atoms. The maximum atomic E-state index is 12.5. The lowest BCUT2D eigenvalue weighted by atomic mass is 9.67. The Hall–Kier alpha value is -6.61. The molecular formula is C84H120N12O12S3. The van der Waals surface area contributed by atoms with E-state index in [2.05, 4.69) is 89.8 Å². The topological polar surface area (TPSA) is 300 Å². The highest BCUT2D eigenvalue weighted by Crippen LogP contribution is 2.50. The van der Waals surface area contributed by atoms with Crippen molar-refractivity contribution in [1.82, 2.24) is 49.8 Å². The molecule has 6 aliphatic carbocycles. The van der Waals surface area contributed by atoms with Crippen LogP contribution < -0.4 is 22.2 Å². The normalized spacial score (nSPS) is 25.4. The van der Waals surface area contributed by atoms with E-state index < -0.39 is 17.9 Å². The molecule has 9 fully saturated rings. The van der Waals surface area contributed by atoms with Gasteiger partial charge in [-0.3, -0.25) is 24.0 Å². The van der Waals surface area contributed by atoms with E-state index in [1.807, 2.05) is 6.92 Å². The minimum Gasteiger partial charge on any atom is -0.475 e. The molecule has 111 heavy (non-hydrogen) atoms. The number of thiophene rings is 3. The number of ketones is 2. The fourth-order valence-corrected chi connectivity index (χ4v) is 23.8. The SMILES string of the molecule is CCOC(=O)c1c(N)sc2c1CC1CCN(C)CC1C2.CCOC(=O)c1nc2sc3c(c2c(=O)[nH]1)CC1CCN(C)CC1C3.CN1CCC2(CCC(=O)CC2)CC1.CN1CCC2Cc3c(sc4nc(C(=O)O)[nH]c(=O)c34)CC2C1.O=C1CCC2(CCNCC2)CC1.[C-]#[N+]C(C(=O)OCC)=C1CCC2(CC1)CCN(C)CC2. The molecule has 0 bridgehead atoms. The number of nitrogen functional groups attached to an aromatic ring is 1. The maximum Gasteiger partial charge on any atom is 0.374 e. The number of allylic oxidation sites excluding steroid dienone is 1. The van der Waals surface area contributed by atoms with Crippen LogP contribution in [0.3, 0.4) is 0 Å². The number of anilines is 1. The molecule has 6 saturated heterocycles. The lowest BCUT2D eigenvalue weighted by Crippen LogP contribution is -2.41. The van der Waals surface area contributed by atoms with Crippen molar-refractivity contribution in [2.45, 2.75) is 194 Å². The second-order valence-electron chi connectivity index (χ2n) is 34.3. The highest BCUT2D eigenvalue weighted by molar-refractivity contribution is 7.19. The van der Waals surface area contributed by atoms with Crippen molar-refractivity contribution in [1.29, 1.82) is 0 Å². The average Bonchev–Trinajstić information content (AvgIpc) is 1.62. The number of nitrogens with two attached hydrogens (primary N) is 1. The number of piperidine rings is 6. The fourth-order valence-electron chi connectivity index (χ4n) is 20.1. The largest absolute Gasteiger partial charge is 0.475 e. The number of nitrogens with one attached hydrogen (secondary N) is 3. The lowest BCUT2D eigenvalue weighted by molar-refractivity contribution is -0.138. The summed E-state index contributed by atoms with van der Waals surface area (Å²) in [6, 6.07) is 0. The summed E-state index contributed by atoms with van der Waals surface area (Å²) < 4.78 is 15.1. The molecule has 27 heteroatoms. The van der Waals surface area contributed by atoms with Crippen molar-refractivity contribution in [3.63, 3.8) is 0 Å². The van der Waals surface area contributed by atoms with Gasteiger partial charge in [0.15, 0.2) is 0 Å². The van der Waals surface area contributed by atoms with Crippen molar-refractivity contribution in [2.24, 2.45) is 51.8 Å². The van der Waals surface area contributed by atoms with Gasteiger partial charge in [0.2, 0.25) is 11.6 Å². The van der Waals surface area contributed by atoms with Crippen LogP contribution in [0, 0.1) is 58.3 Å². The smallest absolute Gasteiger partial charge is 0.374 e. The van der Waals surface area contributed by atoms with Gasteiger partial charge in [0.05, 0.1) is 42.7 Å². The van der Waals surface area contributed by atoms with Crippen LogP contribution >= 0.6 is 34.0 Å². The third kappa shape index (κ3) is 20.2. The number of carbonyl (C=O) groups is 6. The minimum absolute atomic E-state index is 0.00472. The van der Waals surface area contributed by atoms with Crippen LogP contribution in [0.1, 0.15) is 219 Å². The summed E-state index contributed by atoms with van der Waals surface area (Å²) >= 11 is 4.64. The van der Waals surface area contributed by atoms with Gasteiger partial charge in [-0.05, 0) is 331 Å². The summed E-state index contributed by atoms with van der Waals surface area (Å²) in [5.74, 6) is 2.25. The number of nitrogens with zero attached hydrogens (tertiary/aromatic N) is 8. The Balaban J connectivity index is 0.000000126. The number of fused-ring (bicyclic) bond motifs is 10. The molecule has 11 heterocycles. The van der Waals surface area contributed by atoms with Crippen molar-refractivity contribution in [3.05, 3.63) is 91.9 Å². The van der Waals surface area contributed by atoms with Gasteiger partial charge in [0.1, 0.15) is 26.2 Å². The molecule has 5 aromatic rings. The van der Waals surface area contributed by atoms with Crippen LogP contribution in [0.2, 0.25) is 0 Å². The molecule has 5 aromatic heterocycles. The molecule has 606 valence electrons. The summed E-state index contributed by atoms with van der Waals surface area (Å²) in [7, 11) is 10.9. The van der Waals surface area contributed by atoms with Gasteiger partial charge < -0.3 is 64.8 Å². The number of hydrogen-bond donors (Lipinski definition) is 5. The van der Waals surface area contributed by atoms with Gasteiger partial charge in [0, 0.05) is 59.9 Å². The van der Waals surface area contributed by atoms with Crippen LogP contribution in [0.25, 0.3) is 25.3 Å². The van der Waals surface area contributed by atoms with Crippen LogP contribution in [-0.4, -0.2) is 219 Å². The number of esters is 3. The van der Waals surface area contributed by atoms with Gasteiger partial charge in [-0.1, -0.05) is 5.57 Å². The van der Waals surface area contributed by atoms with E-state index in [4.69, 9.17) is 31.6 Å². The van der Waals surface area contributed by atoms with Gasteiger partial charge in [0.25, 0.3) is 16.8 Å². The van der Waals surface area contributed by atoms with Crippen molar-refractivity contribution >= 4 is 94.9 Å². The Morgan fingerprint density at radius 3 is 1.31 bits per heavy atom. The zero-order chi connectivity index (χ0) is 78.9. The third-order valence-electron chi connectivity index (χ3n) is 27.1. The van der Waals surface area contributed by atoms with E-state index >= 15 is 0 Å². The zero-order valence-corrected chi connectivity index (χ0v) is 69.4. The van der Waals surface area contributed by atoms with Gasteiger partial charge in [-0.15, -0.1) is 34.0 Å². The van der Waals surface area contributed by atoms with E-state index in [1.54, 1.807) is 36.5 Å². The number of ether oxygens (including phenoxy) is 3. The fraction of sp³-hybridized carbons (Fsp3) is 0.702. The molecule has 6 aliphatic heterocycles. The summed E-state index contributed by atoms with van der Waals surface area (Å²) in [6.07, 6.45) is 29.3. The minimum atomic E-state index is -1.19. The molecule has 6 atom stereocenters. The predicted octanol–water partition coefficient (Wildman–Crippen LogP) is 11.7. The van der Waals surface area contributed by atoms with E-state index in [1.165, 1.54) is 122 Å². The summed E-state index contributed by atoms with van der Waals surface area (Å²) in [5.41, 5.74) is 12.5. The Morgan fingerprint density at radius 1 is 0.495 bits per heavy atom. The second-order valence-corrected chi connectivity index (χ2v) is 37.6. The number of hydrogen-bond acceptors (Lipinski definition) is 23. The van der Waals surface area contributed by atoms with E-state index in [-0.39, 0.29) is 41.0 Å². The Kier molecular flexibility index (Phi) is 28.2. The molecule has 3 saturated carbocycles. The summed E-state index contributed by atoms with van der Waals surface area (Å²) in [4.78, 5) is 128. The van der Waals surface area contributed by atoms with Gasteiger partial charge in [-0.2, -0.15) is 0 Å². The number of carbonyl (C=O) groups excluding carboxylic acids is 5.